The van der Waals surface area contributed by atoms with Crippen molar-refractivity contribution in [3.8, 4) is 0 Å². The molecule has 0 bridgehead atoms. The van der Waals surface area contributed by atoms with E-state index in [0.717, 1.165) is 32.5 Å². The molecule has 2 aromatic heterocycles. The van der Waals surface area contributed by atoms with Gasteiger partial charge >= 0.3 is 5.97 Å². The molecule has 0 unspecified atom stereocenters. The van der Waals surface area contributed by atoms with E-state index < -0.39 is 114 Å². The maximum absolute atomic E-state index is 15.2. The van der Waals surface area contributed by atoms with E-state index in [1.807, 2.05) is 18.2 Å². The van der Waals surface area contributed by atoms with Crippen LogP contribution >= 0.6 is 21.6 Å². The minimum atomic E-state index is -1.77. The van der Waals surface area contributed by atoms with Crippen LogP contribution in [0.1, 0.15) is 54.0 Å². The number of pyridine rings is 1. The third kappa shape index (κ3) is 20.2. The van der Waals surface area contributed by atoms with Crippen LogP contribution in [0.5, 0.6) is 0 Å². The van der Waals surface area contributed by atoms with E-state index in [-0.39, 0.29) is 56.6 Å². The smallest absolute Gasteiger partial charge is 0.327 e. The zero-order chi connectivity index (χ0) is 62.2. The fraction of sp³-hybridized carbons (Fsp3) is 0.355. The highest BCUT2D eigenvalue weighted by Crippen LogP contribution is 2.24. The maximum atomic E-state index is 15.2. The third-order valence-electron chi connectivity index (χ3n) is 14.4. The number of benzene rings is 4. The average molecular weight is 1230 g/mol. The van der Waals surface area contributed by atoms with Crippen LogP contribution in [0.25, 0.3) is 10.9 Å². The number of carboxylic acid groups (broad SMARTS) is 1. The molecule has 25 heteroatoms. The van der Waals surface area contributed by atoms with E-state index in [0.29, 0.717) is 40.7 Å². The number of para-hydroxylation sites is 1. The normalized spacial score (nSPS) is 23.3. The highest BCUT2D eigenvalue weighted by atomic mass is 33.1. The van der Waals surface area contributed by atoms with Gasteiger partial charge in [0, 0.05) is 73.1 Å². The fourth-order valence-electron chi connectivity index (χ4n) is 9.68. The molecule has 8 amide bonds. The number of amides is 8. The predicted molar refractivity (Wildman–Crippen MR) is 331 cm³/mol. The molecule has 0 spiro atoms. The van der Waals surface area contributed by atoms with E-state index in [1.54, 1.807) is 115 Å². The first kappa shape index (κ1) is 65.9. The molecule has 0 radical (unpaired) electrons. The standard InChI is InChI=1S/C62H74N12O11S2/c1-37(75)53-61(83)72-49(30-40-20-9-4-10-21-40)58(80)73-52(62(84)85)36-87-86-35-44(64)54(76)67-46(25-13-14-26-63)55(77)68-47(28-38-16-5-2-6-17-38)56(78)69-48(29-39-18-7-3-8-19-39)57(79)71-51(32-42-34-66-45-24-12-11-23-43(42)45)59(81)70-50(60(82)74-53)31-41-22-15-27-65-33-41/h2-12,15-24,27,33-34,37,44,46-53,66,75H,13-14,25-26,28-32,35-36,63-64H2,1H3,(H,67,76)(H,68,77)(H,69,78)(H,70,81)(H,71,79)(H,72,83)(H,73,80)(H,74,82)(H,84,85)/t37-,44+,46+,47+,48+,49+,50+,51-,52+,53+/m1/s1. The molecular formula is C62H74N12O11S2. The molecule has 7 rings (SSSR count). The fourth-order valence-corrected chi connectivity index (χ4v) is 12.0. The Hall–Kier alpha value is -8.62. The number of aromatic nitrogens is 2. The minimum Gasteiger partial charge on any atom is -0.480 e. The number of aliphatic carboxylic acids is 1. The maximum Gasteiger partial charge on any atom is 0.327 e. The molecule has 23 nitrogen and oxygen atoms in total. The molecule has 1 aliphatic rings. The number of aliphatic hydroxyl groups is 1. The molecule has 460 valence electrons. The lowest BCUT2D eigenvalue weighted by atomic mass is 9.99. The van der Waals surface area contributed by atoms with Gasteiger partial charge in [0.05, 0.1) is 12.1 Å². The summed E-state index contributed by atoms with van der Waals surface area (Å²) in [7, 11) is 2.02. The highest BCUT2D eigenvalue weighted by Gasteiger charge is 2.37. The Morgan fingerprint density at radius 3 is 1.47 bits per heavy atom. The summed E-state index contributed by atoms with van der Waals surface area (Å²) in [6.07, 6.45) is 3.32. The van der Waals surface area contributed by atoms with Crippen LogP contribution in [-0.2, 0) is 75.3 Å². The zero-order valence-electron chi connectivity index (χ0n) is 47.9. The first-order valence-electron chi connectivity index (χ1n) is 28.6. The van der Waals surface area contributed by atoms with Gasteiger partial charge in [0.15, 0.2) is 0 Å². The molecule has 4 aromatic carbocycles. The van der Waals surface area contributed by atoms with Crippen molar-refractivity contribution in [3.05, 3.63) is 174 Å². The Labute approximate surface area is 511 Å². The Balaban J connectivity index is 1.29. The Kier molecular flexibility index (Phi) is 25.3. The van der Waals surface area contributed by atoms with Crippen molar-refractivity contribution in [2.75, 3.05) is 18.1 Å². The predicted octanol–water partition coefficient (Wildman–Crippen LogP) is 1.27. The van der Waals surface area contributed by atoms with E-state index in [2.05, 4.69) is 52.5 Å². The number of aromatic amines is 1. The molecular weight excluding hydrogens is 1150 g/mol. The molecule has 15 N–H and O–H groups in total. The van der Waals surface area contributed by atoms with Gasteiger partial charge in [-0.25, -0.2) is 4.79 Å². The van der Waals surface area contributed by atoms with Crippen molar-refractivity contribution in [3.63, 3.8) is 0 Å². The topological polar surface area (TPSA) is 371 Å². The number of nitrogens with two attached hydrogens (primary N) is 2. The number of nitrogens with zero attached hydrogens (tertiary/aromatic N) is 1. The average Bonchev–Trinajstić information content (AvgIpc) is 2.89. The summed E-state index contributed by atoms with van der Waals surface area (Å²) >= 11 is 0. The van der Waals surface area contributed by atoms with Crippen molar-refractivity contribution >= 4 is 85.7 Å². The van der Waals surface area contributed by atoms with Gasteiger partial charge in [0.25, 0.3) is 0 Å². The van der Waals surface area contributed by atoms with Gasteiger partial charge in [0.1, 0.15) is 48.3 Å². The first-order valence-corrected chi connectivity index (χ1v) is 31.0. The molecule has 10 atom stereocenters. The number of aliphatic hydroxyl groups excluding tert-OH is 1. The van der Waals surface area contributed by atoms with E-state index >= 15 is 9.59 Å². The van der Waals surface area contributed by atoms with E-state index in [9.17, 15) is 43.8 Å². The number of hydrogen-bond donors (Lipinski definition) is 13. The molecule has 87 heavy (non-hydrogen) atoms. The summed E-state index contributed by atoms with van der Waals surface area (Å²) in [4.78, 5) is 137. The number of H-pyrrole nitrogens is 1. The van der Waals surface area contributed by atoms with Crippen molar-refractivity contribution in [2.45, 2.75) is 119 Å². The molecule has 1 fully saturated rings. The lowest BCUT2D eigenvalue weighted by molar-refractivity contribution is -0.141. The highest BCUT2D eigenvalue weighted by molar-refractivity contribution is 8.76. The second-order valence-corrected chi connectivity index (χ2v) is 23.7. The van der Waals surface area contributed by atoms with Crippen LogP contribution in [-0.4, -0.2) is 152 Å². The van der Waals surface area contributed by atoms with E-state index in [4.69, 9.17) is 11.5 Å². The number of carboxylic acids is 1. The second kappa shape index (κ2) is 33.3. The molecule has 0 saturated carbocycles. The van der Waals surface area contributed by atoms with Crippen molar-refractivity contribution in [1.29, 1.82) is 0 Å². The lowest BCUT2D eigenvalue weighted by Crippen LogP contribution is -2.62. The van der Waals surface area contributed by atoms with E-state index in [1.165, 1.54) is 19.3 Å². The zero-order valence-corrected chi connectivity index (χ0v) is 49.5. The van der Waals surface area contributed by atoms with Crippen molar-refractivity contribution < 1.29 is 53.4 Å². The number of hydrogen-bond acceptors (Lipinski definition) is 15. The SMILES string of the molecule is C[C@@H](O)[C@@H]1NC(=O)[C@H](Cc2cccnc2)NC(=O)[C@@H](Cc2c[nH]c3ccccc23)NC(=O)[C@H](Cc2ccccc2)NC(=O)[C@H](Cc2ccccc2)NC(=O)[C@H](CCCCN)NC(=O)[C@@H](N)CSSC[C@@H](C(=O)O)NC(=O)[C@H](Cc2ccccc2)NC1=O. The quantitative estimate of drug-likeness (QED) is 0.0479. The molecule has 0 aliphatic carbocycles. The Morgan fingerprint density at radius 2 is 0.966 bits per heavy atom. The van der Waals surface area contributed by atoms with Crippen LogP contribution in [0.15, 0.2) is 146 Å². The minimum absolute atomic E-state index is 0.0655. The largest absolute Gasteiger partial charge is 0.480 e. The van der Waals surface area contributed by atoms with Crippen LogP contribution < -0.4 is 54.0 Å². The van der Waals surface area contributed by atoms with Gasteiger partial charge < -0.3 is 69.2 Å². The summed E-state index contributed by atoms with van der Waals surface area (Å²) in [5.74, 6) is -8.59. The molecule has 6 aromatic rings. The third-order valence-corrected chi connectivity index (χ3v) is 16.9. The Morgan fingerprint density at radius 1 is 0.529 bits per heavy atom. The number of rotatable bonds is 16. The number of carbonyl (C=O) groups is 9. The number of carbonyl (C=O) groups excluding carboxylic acids is 8. The van der Waals surface area contributed by atoms with Crippen LogP contribution in [0.3, 0.4) is 0 Å². The van der Waals surface area contributed by atoms with Gasteiger partial charge in [-0.3, -0.25) is 43.3 Å². The van der Waals surface area contributed by atoms with Gasteiger partial charge in [-0.1, -0.05) is 137 Å². The summed E-state index contributed by atoms with van der Waals surface area (Å²) < 4.78 is 0. The monoisotopic (exact) mass is 1230 g/mol. The molecule has 1 aliphatic heterocycles. The lowest BCUT2D eigenvalue weighted by Gasteiger charge is -2.29. The van der Waals surface area contributed by atoms with Crippen LogP contribution in [0.4, 0.5) is 0 Å². The summed E-state index contributed by atoms with van der Waals surface area (Å²) in [6.45, 7) is 1.52. The first-order chi connectivity index (χ1) is 42.0. The van der Waals surface area contributed by atoms with Crippen molar-refractivity contribution in [1.82, 2.24) is 52.5 Å². The van der Waals surface area contributed by atoms with Gasteiger partial charge in [-0.05, 0) is 72.7 Å². The summed E-state index contributed by atoms with van der Waals surface area (Å²) in [5.41, 5.74) is 15.8. The van der Waals surface area contributed by atoms with Crippen LogP contribution in [0, 0.1) is 0 Å². The molecule has 3 heterocycles. The van der Waals surface area contributed by atoms with Gasteiger partial charge in [0.2, 0.25) is 47.3 Å². The second-order valence-electron chi connectivity index (χ2n) is 21.2. The Bertz CT molecular complexity index is 3280. The van der Waals surface area contributed by atoms with Gasteiger partial charge in [-0.2, -0.15) is 0 Å². The molecule has 1 saturated heterocycles. The summed E-state index contributed by atoms with van der Waals surface area (Å²) in [6, 6.07) is 23.7. The number of nitrogens with one attached hydrogen (secondary N) is 9. The number of unbranched alkanes of at least 4 members (excludes halogenated alkanes) is 1. The van der Waals surface area contributed by atoms with Crippen LogP contribution in [0.2, 0.25) is 0 Å². The number of fused-ring (bicyclic) bond motifs is 1. The van der Waals surface area contributed by atoms with Crippen molar-refractivity contribution in [2.24, 2.45) is 11.5 Å². The van der Waals surface area contributed by atoms with Gasteiger partial charge in [-0.15, -0.1) is 0 Å². The summed E-state index contributed by atoms with van der Waals surface area (Å²) in [5, 5.41) is 43.9.